The number of rotatable bonds is 8. The van der Waals surface area contributed by atoms with Crippen LogP contribution in [0, 0.1) is 0 Å². The van der Waals surface area contributed by atoms with Crippen molar-refractivity contribution >= 4 is 0 Å². The van der Waals surface area contributed by atoms with Crippen molar-refractivity contribution in [2.75, 3.05) is 26.4 Å². The summed E-state index contributed by atoms with van der Waals surface area (Å²) in [5.74, 6) is 0. The van der Waals surface area contributed by atoms with E-state index in [1.54, 1.807) is 6.92 Å². The Morgan fingerprint density at radius 1 is 0.867 bits per heavy atom. The minimum atomic E-state index is -0.318. The maximum absolute atomic E-state index is 8.65. The van der Waals surface area contributed by atoms with Crippen LogP contribution in [0.15, 0.2) is 0 Å². The number of aliphatic hydroxyl groups is 1. The molecule has 0 radical (unpaired) electrons. The van der Waals surface area contributed by atoms with E-state index in [1.807, 2.05) is 6.92 Å². The Morgan fingerprint density at radius 3 is 1.60 bits per heavy atom. The highest BCUT2D eigenvalue weighted by molar-refractivity contribution is 4.39. The van der Waals surface area contributed by atoms with Gasteiger partial charge in [0.15, 0.2) is 0 Å². The van der Waals surface area contributed by atoms with Gasteiger partial charge in [-0.3, -0.25) is 0 Å². The highest BCUT2D eigenvalue weighted by Crippen LogP contribution is 1.84. The van der Waals surface area contributed by atoms with E-state index >= 15 is 0 Å². The van der Waals surface area contributed by atoms with E-state index < -0.39 is 0 Å². The van der Waals surface area contributed by atoms with Crippen LogP contribution >= 0.6 is 0 Å². The molecule has 0 saturated heterocycles. The van der Waals surface area contributed by atoms with Gasteiger partial charge in [0.25, 0.3) is 0 Å². The molecule has 0 saturated carbocycles. The first-order valence-electron chi connectivity index (χ1n) is 6.02. The lowest BCUT2D eigenvalue weighted by molar-refractivity contribution is 0.0466. The molecule has 0 aliphatic heterocycles. The van der Waals surface area contributed by atoms with Gasteiger partial charge in [-0.15, -0.1) is 0 Å². The summed E-state index contributed by atoms with van der Waals surface area (Å²) in [6, 6.07) is 0. The van der Waals surface area contributed by atoms with E-state index in [4.69, 9.17) is 14.6 Å². The summed E-state index contributed by atoms with van der Waals surface area (Å²) in [6.45, 7) is 11.1. The molecule has 94 valence electrons. The molecule has 0 amide bonds. The summed E-state index contributed by atoms with van der Waals surface area (Å²) in [5, 5.41) is 8.65. The molecule has 0 heterocycles. The summed E-state index contributed by atoms with van der Waals surface area (Å²) in [5.41, 5.74) is 0. The topological polar surface area (TPSA) is 38.7 Å². The molecule has 3 nitrogen and oxygen atoms in total. The lowest BCUT2D eigenvalue weighted by Crippen LogP contribution is -2.10. The third-order valence-corrected chi connectivity index (χ3v) is 1.40. The molecular weight excluding hydrogens is 192 g/mol. The fraction of sp³-hybridized carbons (Fsp3) is 1.00. The SMILES string of the molecule is CCCOCC(C)O.CCCOCCC. The first kappa shape index (κ1) is 17.3. The van der Waals surface area contributed by atoms with E-state index in [0.717, 1.165) is 39.1 Å². The van der Waals surface area contributed by atoms with Crippen molar-refractivity contribution < 1.29 is 14.6 Å². The summed E-state index contributed by atoms with van der Waals surface area (Å²) in [7, 11) is 0. The van der Waals surface area contributed by atoms with Crippen molar-refractivity contribution in [3.63, 3.8) is 0 Å². The lowest BCUT2D eigenvalue weighted by atomic mass is 10.4. The average molecular weight is 220 g/mol. The molecule has 0 aliphatic rings. The number of hydrogen-bond donors (Lipinski definition) is 1. The van der Waals surface area contributed by atoms with E-state index in [1.165, 1.54) is 0 Å². The number of aliphatic hydroxyl groups excluding tert-OH is 1. The maximum atomic E-state index is 8.65. The minimum Gasteiger partial charge on any atom is -0.391 e. The second-order valence-corrected chi connectivity index (χ2v) is 3.54. The zero-order chi connectivity index (χ0) is 11.9. The predicted molar refractivity (Wildman–Crippen MR) is 64.2 cm³/mol. The predicted octanol–water partition coefficient (Wildman–Crippen LogP) is 2.62. The second-order valence-electron chi connectivity index (χ2n) is 3.54. The van der Waals surface area contributed by atoms with Gasteiger partial charge >= 0.3 is 0 Å². The molecule has 0 spiro atoms. The Kier molecular flexibility index (Phi) is 18.8. The summed E-state index contributed by atoms with van der Waals surface area (Å²) in [4.78, 5) is 0. The Bertz CT molecular complexity index is 90.9. The van der Waals surface area contributed by atoms with Gasteiger partial charge in [-0.2, -0.15) is 0 Å². The molecule has 0 aromatic carbocycles. The lowest BCUT2D eigenvalue weighted by Gasteiger charge is -2.02. The molecule has 3 heteroatoms. The zero-order valence-electron chi connectivity index (χ0n) is 10.8. The van der Waals surface area contributed by atoms with Crippen LogP contribution in [0.2, 0.25) is 0 Å². The zero-order valence-corrected chi connectivity index (χ0v) is 10.8. The van der Waals surface area contributed by atoms with E-state index in [0.29, 0.717) is 6.61 Å². The normalized spacial score (nSPS) is 11.8. The van der Waals surface area contributed by atoms with Crippen LogP contribution in [0.4, 0.5) is 0 Å². The van der Waals surface area contributed by atoms with Crippen LogP contribution in [0.3, 0.4) is 0 Å². The van der Waals surface area contributed by atoms with Crippen molar-refractivity contribution in [1.29, 1.82) is 0 Å². The van der Waals surface area contributed by atoms with Crippen molar-refractivity contribution in [2.45, 2.75) is 53.1 Å². The first-order chi connectivity index (χ1) is 7.18. The second kappa shape index (κ2) is 16.3. The fourth-order valence-electron chi connectivity index (χ4n) is 0.789. The molecule has 1 atom stereocenters. The van der Waals surface area contributed by atoms with Crippen molar-refractivity contribution in [2.24, 2.45) is 0 Å². The molecule has 0 aromatic rings. The highest BCUT2D eigenvalue weighted by atomic mass is 16.5. The standard InChI is InChI=1S/C6H14O2.C6H14O/c1-3-4-8-5-6(2)7;1-3-5-7-6-4-2/h6-7H,3-5H2,1-2H3;3-6H2,1-2H3. The third kappa shape index (κ3) is 24.8. The van der Waals surface area contributed by atoms with Gasteiger partial charge in [0.1, 0.15) is 0 Å². The van der Waals surface area contributed by atoms with Crippen LogP contribution in [0.25, 0.3) is 0 Å². The smallest absolute Gasteiger partial charge is 0.0745 e. The first-order valence-corrected chi connectivity index (χ1v) is 6.02. The van der Waals surface area contributed by atoms with Crippen molar-refractivity contribution in [1.82, 2.24) is 0 Å². The Balaban J connectivity index is 0. The number of hydrogen-bond acceptors (Lipinski definition) is 3. The van der Waals surface area contributed by atoms with Crippen molar-refractivity contribution in [3.05, 3.63) is 0 Å². The van der Waals surface area contributed by atoms with Gasteiger partial charge in [0, 0.05) is 19.8 Å². The van der Waals surface area contributed by atoms with E-state index in [-0.39, 0.29) is 6.10 Å². The largest absolute Gasteiger partial charge is 0.391 e. The molecule has 0 rings (SSSR count). The monoisotopic (exact) mass is 220 g/mol. The molecule has 1 unspecified atom stereocenters. The van der Waals surface area contributed by atoms with Gasteiger partial charge in [0.05, 0.1) is 12.7 Å². The van der Waals surface area contributed by atoms with E-state index in [2.05, 4.69) is 13.8 Å². The van der Waals surface area contributed by atoms with Gasteiger partial charge < -0.3 is 14.6 Å². The summed E-state index contributed by atoms with van der Waals surface area (Å²) in [6.07, 6.45) is 2.98. The average Bonchev–Trinajstić information content (AvgIpc) is 2.20. The molecule has 0 fully saturated rings. The third-order valence-electron chi connectivity index (χ3n) is 1.40. The molecule has 15 heavy (non-hydrogen) atoms. The van der Waals surface area contributed by atoms with Gasteiger partial charge in [0.2, 0.25) is 0 Å². The fourth-order valence-corrected chi connectivity index (χ4v) is 0.789. The van der Waals surface area contributed by atoms with Crippen LogP contribution in [-0.2, 0) is 9.47 Å². The molecule has 0 bridgehead atoms. The van der Waals surface area contributed by atoms with Crippen LogP contribution in [-0.4, -0.2) is 37.6 Å². The van der Waals surface area contributed by atoms with Crippen molar-refractivity contribution in [3.8, 4) is 0 Å². The van der Waals surface area contributed by atoms with Crippen LogP contribution in [0.1, 0.15) is 47.0 Å². The van der Waals surface area contributed by atoms with Gasteiger partial charge in [-0.05, 0) is 26.2 Å². The summed E-state index contributed by atoms with van der Waals surface area (Å²) < 4.78 is 10.1. The van der Waals surface area contributed by atoms with E-state index in [9.17, 15) is 0 Å². The quantitative estimate of drug-likeness (QED) is 0.639. The Labute approximate surface area is 94.8 Å². The highest BCUT2D eigenvalue weighted by Gasteiger charge is 1.91. The number of ether oxygens (including phenoxy) is 2. The van der Waals surface area contributed by atoms with Crippen LogP contribution < -0.4 is 0 Å². The van der Waals surface area contributed by atoms with Gasteiger partial charge in [-0.1, -0.05) is 20.8 Å². The molecule has 0 aliphatic carbocycles. The molecular formula is C12H28O3. The molecule has 1 N–H and O–H groups in total. The van der Waals surface area contributed by atoms with Crippen LogP contribution in [0.5, 0.6) is 0 Å². The Morgan fingerprint density at radius 2 is 1.27 bits per heavy atom. The maximum Gasteiger partial charge on any atom is 0.0745 e. The molecule has 0 aromatic heterocycles. The van der Waals surface area contributed by atoms with Gasteiger partial charge in [-0.25, -0.2) is 0 Å². The summed E-state index contributed by atoms with van der Waals surface area (Å²) >= 11 is 0. The minimum absolute atomic E-state index is 0.318. The Hall–Kier alpha value is -0.120.